The van der Waals surface area contributed by atoms with Gasteiger partial charge in [0.05, 0.1) is 18.8 Å². The summed E-state index contributed by atoms with van der Waals surface area (Å²) in [7, 11) is 0. The Morgan fingerprint density at radius 3 is 2.79 bits per heavy atom. The summed E-state index contributed by atoms with van der Waals surface area (Å²) in [6.07, 6.45) is 1.62. The van der Waals surface area contributed by atoms with E-state index in [1.807, 2.05) is 19.1 Å². The van der Waals surface area contributed by atoms with Gasteiger partial charge in [-0.15, -0.1) is 0 Å². The molecule has 5 heteroatoms. The molecule has 2 heterocycles. The average Bonchev–Trinajstić information content (AvgIpc) is 2.87. The Morgan fingerprint density at radius 1 is 1.53 bits per heavy atom. The lowest BCUT2D eigenvalue weighted by Crippen LogP contribution is -2.59. The minimum Gasteiger partial charge on any atom is -0.467 e. The van der Waals surface area contributed by atoms with Crippen LogP contribution in [0.15, 0.2) is 22.8 Å². The first-order valence-corrected chi connectivity index (χ1v) is 6.86. The van der Waals surface area contributed by atoms with E-state index < -0.39 is 0 Å². The highest BCUT2D eigenvalue weighted by Crippen LogP contribution is 2.09. The zero-order valence-electron chi connectivity index (χ0n) is 11.8. The molecule has 3 unspecified atom stereocenters. The molecule has 0 saturated carbocycles. The van der Waals surface area contributed by atoms with Gasteiger partial charge in [0.2, 0.25) is 5.91 Å². The third-order valence-corrected chi connectivity index (χ3v) is 3.53. The quantitative estimate of drug-likeness (QED) is 0.851. The number of carbonyl (C=O) groups excluding carboxylic acids is 1. The van der Waals surface area contributed by atoms with Crippen molar-refractivity contribution in [3.8, 4) is 0 Å². The van der Waals surface area contributed by atoms with Gasteiger partial charge >= 0.3 is 0 Å². The van der Waals surface area contributed by atoms with Gasteiger partial charge in [-0.05, 0) is 32.9 Å². The van der Waals surface area contributed by atoms with Gasteiger partial charge in [0.15, 0.2) is 0 Å². The first-order valence-electron chi connectivity index (χ1n) is 6.86. The van der Waals surface area contributed by atoms with Gasteiger partial charge < -0.3 is 15.1 Å². The van der Waals surface area contributed by atoms with Gasteiger partial charge in [-0.25, -0.2) is 0 Å². The van der Waals surface area contributed by atoms with Crippen molar-refractivity contribution in [2.24, 2.45) is 0 Å². The molecule has 0 aliphatic carbocycles. The molecule has 0 spiro atoms. The molecule has 2 rings (SSSR count). The smallest absolute Gasteiger partial charge is 0.237 e. The maximum atomic E-state index is 12.1. The molecule has 1 fully saturated rings. The maximum Gasteiger partial charge on any atom is 0.237 e. The van der Waals surface area contributed by atoms with Crippen LogP contribution in [0.3, 0.4) is 0 Å². The monoisotopic (exact) mass is 265 g/mol. The third-order valence-electron chi connectivity index (χ3n) is 3.53. The summed E-state index contributed by atoms with van der Waals surface area (Å²) >= 11 is 0. The molecule has 1 amide bonds. The number of hydrogen-bond donors (Lipinski definition) is 2. The van der Waals surface area contributed by atoms with Crippen molar-refractivity contribution in [3.63, 3.8) is 0 Å². The van der Waals surface area contributed by atoms with Crippen LogP contribution in [0.1, 0.15) is 26.5 Å². The van der Waals surface area contributed by atoms with E-state index in [4.69, 9.17) is 4.42 Å². The van der Waals surface area contributed by atoms with Crippen LogP contribution in [0.2, 0.25) is 0 Å². The number of furan rings is 1. The molecule has 1 saturated heterocycles. The summed E-state index contributed by atoms with van der Waals surface area (Å²) < 4.78 is 5.20. The lowest BCUT2D eigenvalue weighted by atomic mass is 10.1. The first kappa shape index (κ1) is 14.1. The molecule has 5 nitrogen and oxygen atoms in total. The molecule has 1 aromatic heterocycles. The number of nitrogens with zero attached hydrogens (tertiary/aromatic N) is 1. The molecule has 1 aliphatic heterocycles. The zero-order valence-corrected chi connectivity index (χ0v) is 11.8. The Labute approximate surface area is 114 Å². The molecule has 0 aromatic carbocycles. The second-order valence-corrected chi connectivity index (χ2v) is 5.40. The predicted molar refractivity (Wildman–Crippen MR) is 73.6 cm³/mol. The fraction of sp³-hybridized carbons (Fsp3) is 0.643. The molecule has 1 aromatic rings. The van der Waals surface area contributed by atoms with Crippen molar-refractivity contribution >= 4 is 5.91 Å². The lowest BCUT2D eigenvalue weighted by Gasteiger charge is -2.38. The molecule has 0 radical (unpaired) electrons. The summed E-state index contributed by atoms with van der Waals surface area (Å²) in [6, 6.07) is 4.42. The van der Waals surface area contributed by atoms with Gasteiger partial charge in [0.1, 0.15) is 5.76 Å². The Balaban J connectivity index is 1.84. The molecule has 3 atom stereocenters. The van der Waals surface area contributed by atoms with Crippen LogP contribution in [0, 0.1) is 0 Å². The van der Waals surface area contributed by atoms with E-state index in [0.717, 1.165) is 18.8 Å². The average molecular weight is 265 g/mol. The maximum absolute atomic E-state index is 12.1. The second-order valence-electron chi connectivity index (χ2n) is 5.40. The van der Waals surface area contributed by atoms with E-state index in [1.54, 1.807) is 6.26 Å². The Hall–Kier alpha value is -1.33. The summed E-state index contributed by atoms with van der Waals surface area (Å²) in [5.41, 5.74) is 0. The minimum absolute atomic E-state index is 0.0534. The standard InChI is InChI=1S/C14H23N3O2/c1-10-8-17(9-11(2)16-10)12(3)14(18)15-7-13-5-4-6-19-13/h4-6,10-12,16H,7-9H2,1-3H3,(H,15,18). The molecular weight excluding hydrogens is 242 g/mol. The fourth-order valence-electron chi connectivity index (χ4n) is 2.59. The number of carbonyl (C=O) groups is 1. The van der Waals surface area contributed by atoms with Gasteiger partial charge in [-0.1, -0.05) is 0 Å². The highest BCUT2D eigenvalue weighted by Gasteiger charge is 2.28. The largest absolute Gasteiger partial charge is 0.467 e. The zero-order chi connectivity index (χ0) is 13.8. The number of amides is 1. The van der Waals surface area contributed by atoms with Crippen LogP contribution in [0.5, 0.6) is 0 Å². The van der Waals surface area contributed by atoms with Crippen molar-refractivity contribution in [2.75, 3.05) is 13.1 Å². The van der Waals surface area contributed by atoms with E-state index in [9.17, 15) is 4.79 Å². The Bertz CT molecular complexity index is 395. The number of piperazine rings is 1. The molecular formula is C14H23N3O2. The molecule has 19 heavy (non-hydrogen) atoms. The van der Waals surface area contributed by atoms with Gasteiger partial charge in [-0.3, -0.25) is 9.69 Å². The van der Waals surface area contributed by atoms with Gasteiger partial charge in [0.25, 0.3) is 0 Å². The molecule has 1 aliphatic rings. The predicted octanol–water partition coefficient (Wildman–Crippen LogP) is 0.966. The van der Waals surface area contributed by atoms with Crippen molar-refractivity contribution < 1.29 is 9.21 Å². The SMILES string of the molecule is CC1CN(C(C)C(=O)NCc2ccco2)CC(C)N1. The highest BCUT2D eigenvalue weighted by atomic mass is 16.3. The normalized spacial score (nSPS) is 26.1. The summed E-state index contributed by atoms with van der Waals surface area (Å²) in [5, 5.41) is 6.39. The molecule has 106 valence electrons. The Morgan fingerprint density at radius 2 is 2.21 bits per heavy atom. The second kappa shape index (κ2) is 6.21. The summed E-state index contributed by atoms with van der Waals surface area (Å²) in [4.78, 5) is 14.4. The van der Waals surface area contributed by atoms with Gasteiger partial charge in [0, 0.05) is 25.2 Å². The van der Waals surface area contributed by atoms with Crippen LogP contribution < -0.4 is 10.6 Å². The fourth-order valence-corrected chi connectivity index (χ4v) is 2.59. The minimum atomic E-state index is -0.109. The van der Waals surface area contributed by atoms with Crippen LogP contribution in [0.4, 0.5) is 0 Å². The lowest BCUT2D eigenvalue weighted by molar-refractivity contribution is -0.126. The van der Waals surface area contributed by atoms with Crippen LogP contribution in [0.25, 0.3) is 0 Å². The van der Waals surface area contributed by atoms with Crippen molar-refractivity contribution in [3.05, 3.63) is 24.2 Å². The van der Waals surface area contributed by atoms with E-state index in [-0.39, 0.29) is 11.9 Å². The molecule has 0 bridgehead atoms. The van der Waals surface area contributed by atoms with Crippen molar-refractivity contribution in [1.29, 1.82) is 0 Å². The van der Waals surface area contributed by atoms with E-state index in [0.29, 0.717) is 18.6 Å². The van der Waals surface area contributed by atoms with Crippen LogP contribution >= 0.6 is 0 Å². The van der Waals surface area contributed by atoms with E-state index in [1.165, 1.54) is 0 Å². The topological polar surface area (TPSA) is 57.5 Å². The highest BCUT2D eigenvalue weighted by molar-refractivity contribution is 5.81. The van der Waals surface area contributed by atoms with Gasteiger partial charge in [-0.2, -0.15) is 0 Å². The van der Waals surface area contributed by atoms with E-state index >= 15 is 0 Å². The van der Waals surface area contributed by atoms with Crippen molar-refractivity contribution in [1.82, 2.24) is 15.5 Å². The van der Waals surface area contributed by atoms with E-state index in [2.05, 4.69) is 29.4 Å². The summed E-state index contributed by atoms with van der Waals surface area (Å²) in [6.45, 7) is 8.52. The number of hydrogen-bond acceptors (Lipinski definition) is 4. The van der Waals surface area contributed by atoms with Crippen molar-refractivity contribution in [2.45, 2.75) is 45.4 Å². The summed E-state index contributed by atoms with van der Waals surface area (Å²) in [5.74, 6) is 0.834. The third kappa shape index (κ3) is 3.81. The van der Waals surface area contributed by atoms with Crippen LogP contribution in [-0.4, -0.2) is 42.0 Å². The Kier molecular flexibility index (Phi) is 4.61. The van der Waals surface area contributed by atoms with Crippen LogP contribution in [-0.2, 0) is 11.3 Å². The number of nitrogens with one attached hydrogen (secondary N) is 2. The molecule has 2 N–H and O–H groups in total. The first-order chi connectivity index (χ1) is 9.06. The number of rotatable bonds is 4.